The van der Waals surface area contributed by atoms with Gasteiger partial charge in [-0.05, 0) is 54.1 Å². The van der Waals surface area contributed by atoms with E-state index in [2.05, 4.69) is 10.3 Å². The molecule has 0 fully saturated rings. The Morgan fingerprint density at radius 2 is 1.67 bits per heavy atom. The number of amides is 1. The fourth-order valence-electron chi connectivity index (χ4n) is 2.90. The molecule has 4 nitrogen and oxygen atoms in total. The van der Waals surface area contributed by atoms with E-state index in [0.29, 0.717) is 11.3 Å². The molecular formula is C19H14FN3O. The molecule has 2 heterocycles. The van der Waals surface area contributed by atoms with E-state index in [4.69, 9.17) is 0 Å². The first-order chi connectivity index (χ1) is 11.7. The molecule has 3 aromatic rings. The van der Waals surface area contributed by atoms with Crippen LogP contribution in [-0.2, 0) is 0 Å². The molecule has 0 bridgehead atoms. The number of nitrogens with zero attached hydrogens (tertiary/aromatic N) is 2. The van der Waals surface area contributed by atoms with Crippen LogP contribution in [-0.4, -0.2) is 10.9 Å². The summed E-state index contributed by atoms with van der Waals surface area (Å²) in [7, 11) is 0. The standard InChI is InChI=1S/C19H14FN3O/c20-14-5-7-15(8-6-14)23-18(13-9-11-21-12-10-13)22-17-4-2-1-3-16(17)19(23)24/h1-12,18,22H/t18-/m0/s1. The summed E-state index contributed by atoms with van der Waals surface area (Å²) in [5.74, 6) is -0.463. The topological polar surface area (TPSA) is 45.2 Å². The molecule has 1 atom stereocenters. The summed E-state index contributed by atoms with van der Waals surface area (Å²) in [6.45, 7) is 0. The second-order valence-corrected chi connectivity index (χ2v) is 5.52. The molecule has 5 heteroatoms. The third kappa shape index (κ3) is 2.40. The smallest absolute Gasteiger partial charge is 0.262 e. The van der Waals surface area contributed by atoms with E-state index in [1.54, 1.807) is 35.5 Å². The molecule has 2 aromatic carbocycles. The van der Waals surface area contributed by atoms with Crippen molar-refractivity contribution < 1.29 is 9.18 Å². The van der Waals surface area contributed by atoms with Gasteiger partial charge in [0.05, 0.1) is 5.56 Å². The summed E-state index contributed by atoms with van der Waals surface area (Å²) >= 11 is 0. The Bertz CT molecular complexity index is 881. The predicted octanol–water partition coefficient (Wildman–Crippen LogP) is 3.99. The largest absolute Gasteiger partial charge is 0.360 e. The molecule has 1 aromatic heterocycles. The number of carbonyl (C=O) groups is 1. The summed E-state index contributed by atoms with van der Waals surface area (Å²) in [5, 5.41) is 3.39. The van der Waals surface area contributed by atoms with Gasteiger partial charge in [0.25, 0.3) is 5.91 Å². The lowest BCUT2D eigenvalue weighted by Crippen LogP contribution is -2.43. The van der Waals surface area contributed by atoms with Crippen molar-refractivity contribution >= 4 is 17.3 Å². The van der Waals surface area contributed by atoms with Gasteiger partial charge in [0.2, 0.25) is 0 Å². The van der Waals surface area contributed by atoms with E-state index in [1.165, 1.54) is 12.1 Å². The van der Waals surface area contributed by atoms with Crippen LogP contribution in [0.2, 0.25) is 0 Å². The lowest BCUT2D eigenvalue weighted by Gasteiger charge is -2.38. The SMILES string of the molecule is O=C1c2ccccc2N[C@H](c2ccncc2)N1c1ccc(F)cc1. The maximum Gasteiger partial charge on any atom is 0.262 e. The summed E-state index contributed by atoms with van der Waals surface area (Å²) in [4.78, 5) is 18.7. The van der Waals surface area contributed by atoms with Crippen LogP contribution in [0.15, 0.2) is 73.1 Å². The fourth-order valence-corrected chi connectivity index (χ4v) is 2.90. The number of para-hydroxylation sites is 1. The van der Waals surface area contributed by atoms with Crippen molar-refractivity contribution in [2.24, 2.45) is 0 Å². The first kappa shape index (κ1) is 14.4. The van der Waals surface area contributed by atoms with Crippen LogP contribution >= 0.6 is 0 Å². The van der Waals surface area contributed by atoms with Crippen LogP contribution < -0.4 is 10.2 Å². The first-order valence-electron chi connectivity index (χ1n) is 7.59. The van der Waals surface area contributed by atoms with E-state index in [-0.39, 0.29) is 17.9 Å². The Kier molecular flexibility index (Phi) is 3.46. The average molecular weight is 319 g/mol. The highest BCUT2D eigenvalue weighted by Crippen LogP contribution is 2.36. The molecule has 118 valence electrons. The number of carbonyl (C=O) groups excluding carboxylic acids is 1. The number of hydrogen-bond donors (Lipinski definition) is 1. The van der Waals surface area contributed by atoms with Gasteiger partial charge in [0, 0.05) is 23.8 Å². The van der Waals surface area contributed by atoms with Gasteiger partial charge < -0.3 is 5.32 Å². The van der Waals surface area contributed by atoms with Gasteiger partial charge in [-0.2, -0.15) is 0 Å². The molecule has 0 spiro atoms. The second-order valence-electron chi connectivity index (χ2n) is 5.52. The monoisotopic (exact) mass is 319 g/mol. The molecule has 1 aliphatic rings. The molecule has 4 rings (SSSR count). The Hall–Kier alpha value is -3.21. The molecule has 0 unspecified atom stereocenters. The maximum atomic E-state index is 13.3. The minimum Gasteiger partial charge on any atom is -0.360 e. The van der Waals surface area contributed by atoms with Crippen molar-refractivity contribution in [1.29, 1.82) is 0 Å². The normalized spacial score (nSPS) is 16.5. The summed E-state index contributed by atoms with van der Waals surface area (Å²) in [6, 6.07) is 17.0. The number of hydrogen-bond acceptors (Lipinski definition) is 3. The van der Waals surface area contributed by atoms with Crippen LogP contribution in [0.25, 0.3) is 0 Å². The zero-order valence-electron chi connectivity index (χ0n) is 12.7. The van der Waals surface area contributed by atoms with Crippen LogP contribution in [0.5, 0.6) is 0 Å². The fraction of sp³-hybridized carbons (Fsp3) is 0.0526. The van der Waals surface area contributed by atoms with Gasteiger partial charge in [-0.15, -0.1) is 0 Å². The van der Waals surface area contributed by atoms with E-state index in [9.17, 15) is 9.18 Å². The van der Waals surface area contributed by atoms with Gasteiger partial charge in [0.1, 0.15) is 12.0 Å². The molecule has 24 heavy (non-hydrogen) atoms. The molecule has 0 radical (unpaired) electrons. The molecule has 0 saturated carbocycles. The minimum absolute atomic E-state index is 0.127. The van der Waals surface area contributed by atoms with Crippen molar-refractivity contribution in [2.45, 2.75) is 6.17 Å². The summed E-state index contributed by atoms with van der Waals surface area (Å²) < 4.78 is 13.3. The third-order valence-corrected chi connectivity index (χ3v) is 4.05. The van der Waals surface area contributed by atoms with Gasteiger partial charge in [-0.3, -0.25) is 14.7 Å². The van der Waals surface area contributed by atoms with Gasteiger partial charge >= 0.3 is 0 Å². The Labute approximate surface area is 138 Å². The molecule has 0 aliphatic carbocycles. The quantitative estimate of drug-likeness (QED) is 0.777. The highest BCUT2D eigenvalue weighted by molar-refractivity contribution is 6.12. The van der Waals surface area contributed by atoms with Crippen LogP contribution in [0.3, 0.4) is 0 Å². The highest BCUT2D eigenvalue weighted by Gasteiger charge is 2.33. The van der Waals surface area contributed by atoms with Gasteiger partial charge in [-0.25, -0.2) is 4.39 Å². The van der Waals surface area contributed by atoms with Crippen molar-refractivity contribution in [2.75, 3.05) is 10.2 Å². The van der Waals surface area contributed by atoms with E-state index in [1.807, 2.05) is 30.3 Å². The van der Waals surface area contributed by atoms with Gasteiger partial charge in [-0.1, -0.05) is 12.1 Å². The number of halogens is 1. The minimum atomic E-state index is -0.388. The van der Waals surface area contributed by atoms with Crippen LogP contribution in [0.4, 0.5) is 15.8 Å². The highest BCUT2D eigenvalue weighted by atomic mass is 19.1. The zero-order chi connectivity index (χ0) is 16.5. The van der Waals surface area contributed by atoms with Crippen molar-refractivity contribution in [1.82, 2.24) is 4.98 Å². The number of nitrogens with one attached hydrogen (secondary N) is 1. The summed E-state index contributed by atoms with van der Waals surface area (Å²) in [6.07, 6.45) is 2.98. The average Bonchev–Trinajstić information content (AvgIpc) is 2.63. The van der Waals surface area contributed by atoms with Crippen LogP contribution in [0, 0.1) is 5.82 Å². The Morgan fingerprint density at radius 3 is 2.42 bits per heavy atom. The number of fused-ring (bicyclic) bond motifs is 1. The van der Waals surface area contributed by atoms with E-state index >= 15 is 0 Å². The van der Waals surface area contributed by atoms with Crippen molar-refractivity contribution in [3.05, 3.63) is 90.0 Å². The van der Waals surface area contributed by atoms with Gasteiger partial charge in [0.15, 0.2) is 0 Å². The van der Waals surface area contributed by atoms with Crippen molar-refractivity contribution in [3.8, 4) is 0 Å². The third-order valence-electron chi connectivity index (χ3n) is 4.05. The van der Waals surface area contributed by atoms with Crippen LogP contribution in [0.1, 0.15) is 22.1 Å². The Morgan fingerprint density at radius 1 is 0.958 bits per heavy atom. The number of aromatic nitrogens is 1. The zero-order valence-corrected chi connectivity index (χ0v) is 12.7. The number of anilines is 2. The molecule has 1 amide bonds. The number of pyridine rings is 1. The first-order valence-corrected chi connectivity index (χ1v) is 7.59. The molecule has 0 saturated heterocycles. The number of rotatable bonds is 2. The molecule has 1 aliphatic heterocycles. The number of benzene rings is 2. The molecule has 1 N–H and O–H groups in total. The molecular weight excluding hydrogens is 305 g/mol. The summed E-state index contributed by atoms with van der Waals surface area (Å²) in [5.41, 5.74) is 2.90. The maximum absolute atomic E-state index is 13.3. The van der Waals surface area contributed by atoms with E-state index in [0.717, 1.165) is 11.3 Å². The lowest BCUT2D eigenvalue weighted by atomic mass is 10.0. The van der Waals surface area contributed by atoms with E-state index < -0.39 is 0 Å². The Balaban J connectivity index is 1.86. The second kappa shape index (κ2) is 5.77. The van der Waals surface area contributed by atoms with Crippen molar-refractivity contribution in [3.63, 3.8) is 0 Å². The predicted molar refractivity (Wildman–Crippen MR) is 90.3 cm³/mol. The lowest BCUT2D eigenvalue weighted by molar-refractivity contribution is 0.0975.